The molecular formula is C19H23F3N4O2. The minimum Gasteiger partial charge on any atom is -0.493 e. The Hall–Kier alpha value is -2.55. The van der Waals surface area contributed by atoms with Gasteiger partial charge in [-0.05, 0) is 24.6 Å². The van der Waals surface area contributed by atoms with Gasteiger partial charge in [-0.3, -0.25) is 4.79 Å². The number of piperidine rings is 1. The second-order valence-electron chi connectivity index (χ2n) is 6.91. The number of rotatable bonds is 7. The Morgan fingerprint density at radius 1 is 1.32 bits per heavy atom. The molecular weight excluding hydrogens is 373 g/mol. The van der Waals surface area contributed by atoms with Crippen molar-refractivity contribution in [2.24, 2.45) is 11.8 Å². The first-order valence-electron chi connectivity index (χ1n) is 9.17. The molecule has 3 N–H and O–H groups in total. The quantitative estimate of drug-likeness (QED) is 0.672. The van der Waals surface area contributed by atoms with Crippen molar-refractivity contribution in [2.45, 2.75) is 19.0 Å². The lowest BCUT2D eigenvalue weighted by Gasteiger charge is -2.29. The lowest BCUT2D eigenvalue weighted by molar-refractivity contribution is -0.137. The number of carbonyl (C=O) groups is 1. The molecule has 1 aliphatic rings. The number of nitrogens with zero attached hydrogens (tertiary/aromatic N) is 1. The Kier molecular flexibility index (Phi) is 6.56. The zero-order valence-electron chi connectivity index (χ0n) is 15.3. The molecule has 2 atom stereocenters. The predicted molar refractivity (Wildman–Crippen MR) is 96.7 cm³/mol. The number of amides is 1. The summed E-state index contributed by atoms with van der Waals surface area (Å²) in [5.74, 6) is 0.00835. The Labute approximate surface area is 160 Å². The molecule has 1 aromatic carbocycles. The molecule has 2 aromatic rings. The van der Waals surface area contributed by atoms with Gasteiger partial charge in [0.05, 0.1) is 24.4 Å². The van der Waals surface area contributed by atoms with Crippen LogP contribution in [-0.2, 0) is 17.4 Å². The highest BCUT2D eigenvalue weighted by Gasteiger charge is 2.31. The van der Waals surface area contributed by atoms with Gasteiger partial charge in [-0.25, -0.2) is 4.98 Å². The van der Waals surface area contributed by atoms with Crippen LogP contribution in [-0.4, -0.2) is 42.1 Å². The van der Waals surface area contributed by atoms with E-state index in [-0.39, 0.29) is 30.1 Å². The SMILES string of the molecule is O=C(NCCc1cnc[nH]1)[C@H]1CNC[C@@H](COc2cccc(C(F)(F)F)c2)C1. The van der Waals surface area contributed by atoms with Gasteiger partial charge in [0.15, 0.2) is 0 Å². The van der Waals surface area contributed by atoms with E-state index in [0.717, 1.165) is 17.8 Å². The fourth-order valence-electron chi connectivity index (χ4n) is 3.22. The summed E-state index contributed by atoms with van der Waals surface area (Å²) in [6.07, 6.45) is 0.216. The number of halogens is 3. The van der Waals surface area contributed by atoms with Crippen LogP contribution in [0.25, 0.3) is 0 Å². The summed E-state index contributed by atoms with van der Waals surface area (Å²) in [5, 5.41) is 6.12. The van der Waals surface area contributed by atoms with Crippen LogP contribution < -0.4 is 15.4 Å². The fraction of sp³-hybridized carbons (Fsp3) is 0.474. The Morgan fingerprint density at radius 3 is 2.93 bits per heavy atom. The first-order chi connectivity index (χ1) is 13.4. The average molecular weight is 396 g/mol. The highest BCUT2D eigenvalue weighted by molar-refractivity contribution is 5.79. The monoisotopic (exact) mass is 396 g/mol. The number of H-pyrrole nitrogens is 1. The van der Waals surface area contributed by atoms with Crippen LogP contribution in [0.1, 0.15) is 17.7 Å². The summed E-state index contributed by atoms with van der Waals surface area (Å²) in [4.78, 5) is 19.3. The van der Waals surface area contributed by atoms with Gasteiger partial charge in [-0.2, -0.15) is 13.2 Å². The van der Waals surface area contributed by atoms with Crippen molar-refractivity contribution < 1.29 is 22.7 Å². The molecule has 1 aliphatic heterocycles. The number of nitrogens with one attached hydrogen (secondary N) is 3. The van der Waals surface area contributed by atoms with Gasteiger partial charge < -0.3 is 20.4 Å². The van der Waals surface area contributed by atoms with E-state index >= 15 is 0 Å². The number of carbonyl (C=O) groups excluding carboxylic acids is 1. The smallest absolute Gasteiger partial charge is 0.416 e. The molecule has 6 nitrogen and oxygen atoms in total. The van der Waals surface area contributed by atoms with E-state index in [1.807, 2.05) is 0 Å². The van der Waals surface area contributed by atoms with Crippen molar-refractivity contribution >= 4 is 5.91 Å². The Morgan fingerprint density at radius 2 is 2.18 bits per heavy atom. The van der Waals surface area contributed by atoms with Crippen molar-refractivity contribution in [1.82, 2.24) is 20.6 Å². The number of aromatic nitrogens is 2. The lowest BCUT2D eigenvalue weighted by atomic mass is 9.90. The maximum Gasteiger partial charge on any atom is 0.416 e. The third-order valence-corrected chi connectivity index (χ3v) is 4.71. The zero-order valence-corrected chi connectivity index (χ0v) is 15.3. The Balaban J connectivity index is 1.45. The van der Waals surface area contributed by atoms with Crippen LogP contribution in [0.15, 0.2) is 36.8 Å². The molecule has 2 heterocycles. The fourth-order valence-corrected chi connectivity index (χ4v) is 3.22. The van der Waals surface area contributed by atoms with Gasteiger partial charge in [0.25, 0.3) is 0 Å². The highest BCUT2D eigenvalue weighted by atomic mass is 19.4. The molecule has 1 aromatic heterocycles. The molecule has 9 heteroatoms. The number of benzene rings is 1. The van der Waals surface area contributed by atoms with Crippen molar-refractivity contribution in [3.63, 3.8) is 0 Å². The molecule has 0 bridgehead atoms. The summed E-state index contributed by atoms with van der Waals surface area (Å²) >= 11 is 0. The van der Waals surface area contributed by atoms with Crippen molar-refractivity contribution in [2.75, 3.05) is 26.2 Å². The van der Waals surface area contributed by atoms with Crippen LogP contribution in [0.2, 0.25) is 0 Å². The number of imidazole rings is 1. The molecule has 0 saturated carbocycles. The molecule has 0 unspecified atom stereocenters. The number of ether oxygens (including phenoxy) is 1. The third kappa shape index (κ3) is 5.72. The maximum atomic E-state index is 12.8. The first kappa shape index (κ1) is 20.2. The molecule has 1 saturated heterocycles. The highest BCUT2D eigenvalue weighted by Crippen LogP contribution is 2.31. The van der Waals surface area contributed by atoms with Gasteiger partial charge in [-0.1, -0.05) is 6.07 Å². The number of alkyl halides is 3. The van der Waals surface area contributed by atoms with E-state index in [9.17, 15) is 18.0 Å². The van der Waals surface area contributed by atoms with Crippen LogP contribution in [0, 0.1) is 11.8 Å². The summed E-state index contributed by atoms with van der Waals surface area (Å²) < 4.78 is 43.9. The summed E-state index contributed by atoms with van der Waals surface area (Å²) in [6.45, 7) is 2.02. The third-order valence-electron chi connectivity index (χ3n) is 4.71. The minimum atomic E-state index is -4.40. The predicted octanol–water partition coefficient (Wildman–Crippen LogP) is 2.39. The molecule has 0 radical (unpaired) electrons. The molecule has 0 aliphatic carbocycles. The van der Waals surface area contributed by atoms with Crippen molar-refractivity contribution in [3.05, 3.63) is 48.0 Å². The normalized spacial score (nSPS) is 20.0. The maximum absolute atomic E-state index is 12.8. The zero-order chi connectivity index (χ0) is 20.0. The van der Waals surface area contributed by atoms with Gasteiger partial charge in [0.2, 0.25) is 5.91 Å². The van der Waals surface area contributed by atoms with E-state index < -0.39 is 11.7 Å². The molecule has 3 rings (SSSR count). The van der Waals surface area contributed by atoms with E-state index in [2.05, 4.69) is 20.6 Å². The van der Waals surface area contributed by atoms with E-state index in [4.69, 9.17) is 4.74 Å². The molecule has 152 valence electrons. The standard InChI is InChI=1S/C19H23F3N4O2/c20-19(21,22)15-2-1-3-17(7-15)28-11-13-6-14(9-23-8-13)18(27)25-5-4-16-10-24-12-26-16/h1-3,7,10,12-14,23H,4-6,8-9,11H2,(H,24,26)(H,25,27)/t13-,14+/m0/s1. The lowest BCUT2D eigenvalue weighted by Crippen LogP contribution is -2.45. The van der Waals surface area contributed by atoms with Crippen molar-refractivity contribution in [3.8, 4) is 5.75 Å². The summed E-state index contributed by atoms with van der Waals surface area (Å²) in [7, 11) is 0. The second-order valence-corrected chi connectivity index (χ2v) is 6.91. The molecule has 0 spiro atoms. The number of aromatic amines is 1. The number of hydrogen-bond donors (Lipinski definition) is 3. The second kappa shape index (κ2) is 9.09. The van der Waals surface area contributed by atoms with E-state index in [0.29, 0.717) is 32.5 Å². The topological polar surface area (TPSA) is 79.0 Å². The minimum absolute atomic E-state index is 0.0317. The van der Waals surface area contributed by atoms with E-state index in [1.54, 1.807) is 12.5 Å². The largest absolute Gasteiger partial charge is 0.493 e. The number of hydrogen-bond acceptors (Lipinski definition) is 4. The molecule has 1 fully saturated rings. The molecule has 28 heavy (non-hydrogen) atoms. The van der Waals surface area contributed by atoms with Crippen LogP contribution >= 0.6 is 0 Å². The van der Waals surface area contributed by atoms with Gasteiger partial charge in [0.1, 0.15) is 5.75 Å². The summed E-state index contributed by atoms with van der Waals surface area (Å²) in [6, 6.07) is 4.84. The van der Waals surface area contributed by atoms with Gasteiger partial charge in [-0.15, -0.1) is 0 Å². The van der Waals surface area contributed by atoms with Crippen LogP contribution in [0.4, 0.5) is 13.2 Å². The van der Waals surface area contributed by atoms with Crippen LogP contribution in [0.5, 0.6) is 5.75 Å². The first-order valence-corrected chi connectivity index (χ1v) is 9.17. The van der Waals surface area contributed by atoms with Gasteiger partial charge >= 0.3 is 6.18 Å². The average Bonchev–Trinajstić information content (AvgIpc) is 3.19. The van der Waals surface area contributed by atoms with Crippen molar-refractivity contribution in [1.29, 1.82) is 0 Å². The van der Waals surface area contributed by atoms with Gasteiger partial charge in [0, 0.05) is 43.9 Å². The van der Waals surface area contributed by atoms with Crippen LogP contribution in [0.3, 0.4) is 0 Å². The molecule has 1 amide bonds. The summed E-state index contributed by atoms with van der Waals surface area (Å²) in [5.41, 5.74) is 0.218. The Bertz CT molecular complexity index is 765. The van der Waals surface area contributed by atoms with E-state index in [1.165, 1.54) is 12.1 Å².